The Morgan fingerprint density at radius 3 is 2.70 bits per heavy atom. The Hall–Kier alpha value is -3.39. The van der Waals surface area contributed by atoms with Crippen LogP contribution in [0.15, 0.2) is 54.9 Å². The van der Waals surface area contributed by atoms with E-state index in [1.807, 2.05) is 6.92 Å². The van der Waals surface area contributed by atoms with E-state index in [2.05, 4.69) is 10.4 Å². The number of non-ortho nitro benzene ring substituents is 1. The van der Waals surface area contributed by atoms with E-state index in [4.69, 9.17) is 16.3 Å². The van der Waals surface area contributed by atoms with Gasteiger partial charge in [-0.05, 0) is 37.3 Å². The van der Waals surface area contributed by atoms with Gasteiger partial charge in [-0.1, -0.05) is 11.6 Å². The molecule has 3 rings (SSSR count). The number of carbonyl (C=O) groups is 1. The highest BCUT2D eigenvalue weighted by molar-refractivity contribution is 6.31. The number of aromatic nitrogens is 2. The summed E-state index contributed by atoms with van der Waals surface area (Å²) in [5, 5.41) is 18.1. The molecule has 0 unspecified atom stereocenters. The first-order valence-electron chi connectivity index (χ1n) is 8.01. The van der Waals surface area contributed by atoms with Crippen molar-refractivity contribution in [2.45, 2.75) is 6.92 Å². The SMILES string of the molecule is CCOc1ccc(Cl)cc1NC(=O)c1cnn(-c2ccc([N+](=O)[O-])cc2)c1. The van der Waals surface area contributed by atoms with E-state index >= 15 is 0 Å². The fraction of sp³-hybridized carbons (Fsp3) is 0.111. The Kier molecular flexibility index (Phi) is 5.37. The van der Waals surface area contributed by atoms with Crippen LogP contribution in [0.1, 0.15) is 17.3 Å². The Balaban J connectivity index is 1.79. The Labute approximate surface area is 159 Å². The molecule has 0 atom stereocenters. The van der Waals surface area contributed by atoms with Gasteiger partial charge in [0.25, 0.3) is 11.6 Å². The second-order valence-electron chi connectivity index (χ2n) is 5.47. The van der Waals surface area contributed by atoms with Crippen molar-refractivity contribution in [3.63, 3.8) is 0 Å². The third-order valence-electron chi connectivity index (χ3n) is 3.66. The molecule has 1 N–H and O–H groups in total. The average molecular weight is 387 g/mol. The fourth-order valence-electron chi connectivity index (χ4n) is 2.38. The number of rotatable bonds is 6. The Bertz CT molecular complexity index is 985. The quantitative estimate of drug-likeness (QED) is 0.508. The van der Waals surface area contributed by atoms with Crippen LogP contribution in [0.3, 0.4) is 0 Å². The van der Waals surface area contributed by atoms with Crippen LogP contribution in [-0.4, -0.2) is 27.2 Å². The highest BCUT2D eigenvalue weighted by Gasteiger charge is 2.14. The number of hydrogen-bond acceptors (Lipinski definition) is 5. The minimum Gasteiger partial charge on any atom is -0.492 e. The van der Waals surface area contributed by atoms with Crippen LogP contribution in [0.5, 0.6) is 5.75 Å². The van der Waals surface area contributed by atoms with E-state index in [0.29, 0.717) is 34.3 Å². The van der Waals surface area contributed by atoms with Gasteiger partial charge in [0.1, 0.15) is 5.75 Å². The van der Waals surface area contributed by atoms with Crippen molar-refractivity contribution in [1.82, 2.24) is 9.78 Å². The molecule has 27 heavy (non-hydrogen) atoms. The van der Waals surface area contributed by atoms with Gasteiger partial charge < -0.3 is 10.1 Å². The molecule has 8 nitrogen and oxygen atoms in total. The van der Waals surface area contributed by atoms with Crippen LogP contribution >= 0.6 is 11.6 Å². The molecule has 0 aliphatic carbocycles. The minimum absolute atomic E-state index is 0.0201. The molecule has 138 valence electrons. The molecule has 2 aromatic carbocycles. The van der Waals surface area contributed by atoms with Crippen molar-refractivity contribution in [3.8, 4) is 11.4 Å². The zero-order chi connectivity index (χ0) is 19.4. The molecule has 1 aromatic heterocycles. The molecule has 0 saturated carbocycles. The van der Waals surface area contributed by atoms with Crippen molar-refractivity contribution in [1.29, 1.82) is 0 Å². The van der Waals surface area contributed by atoms with E-state index in [1.165, 1.54) is 29.2 Å². The lowest BCUT2D eigenvalue weighted by atomic mass is 10.2. The third kappa shape index (κ3) is 4.24. The predicted molar refractivity (Wildman–Crippen MR) is 101 cm³/mol. The summed E-state index contributed by atoms with van der Waals surface area (Å²) in [5.74, 6) is 0.129. The van der Waals surface area contributed by atoms with Gasteiger partial charge >= 0.3 is 0 Å². The summed E-state index contributed by atoms with van der Waals surface area (Å²) >= 11 is 5.99. The molecule has 1 amide bonds. The maximum Gasteiger partial charge on any atom is 0.269 e. The molecular weight excluding hydrogens is 372 g/mol. The predicted octanol–water partition coefficient (Wildman–Crippen LogP) is 4.08. The molecular formula is C18H15ClN4O4. The van der Waals surface area contributed by atoms with Crippen LogP contribution in [0, 0.1) is 10.1 Å². The third-order valence-corrected chi connectivity index (χ3v) is 3.89. The van der Waals surface area contributed by atoms with E-state index in [-0.39, 0.29) is 11.6 Å². The highest BCUT2D eigenvalue weighted by Crippen LogP contribution is 2.28. The summed E-state index contributed by atoms with van der Waals surface area (Å²) in [7, 11) is 0. The molecule has 0 spiro atoms. The van der Waals surface area contributed by atoms with Crippen LogP contribution in [0.25, 0.3) is 5.69 Å². The van der Waals surface area contributed by atoms with Gasteiger partial charge in [0, 0.05) is 23.4 Å². The average Bonchev–Trinajstić information content (AvgIpc) is 3.14. The number of nitro groups is 1. The number of carbonyl (C=O) groups excluding carboxylic acids is 1. The molecule has 0 fully saturated rings. The number of anilines is 1. The van der Waals surface area contributed by atoms with Crippen molar-refractivity contribution in [3.05, 3.63) is 75.6 Å². The van der Waals surface area contributed by atoms with E-state index in [1.54, 1.807) is 30.3 Å². The molecule has 1 heterocycles. The highest BCUT2D eigenvalue weighted by atomic mass is 35.5. The van der Waals surface area contributed by atoms with Crippen LogP contribution in [-0.2, 0) is 0 Å². The number of nitrogens with one attached hydrogen (secondary N) is 1. The van der Waals surface area contributed by atoms with Crippen molar-refractivity contribution in [2.75, 3.05) is 11.9 Å². The number of amides is 1. The molecule has 0 bridgehead atoms. The second kappa shape index (κ2) is 7.88. The first kappa shape index (κ1) is 18.4. The number of nitro benzene ring substituents is 1. The zero-order valence-electron chi connectivity index (χ0n) is 14.3. The standard InChI is InChI=1S/C18H15ClN4O4/c1-2-27-17-8-3-13(19)9-16(17)21-18(24)12-10-20-22(11-12)14-4-6-15(7-5-14)23(25)26/h3-11H,2H2,1H3,(H,21,24). The number of benzene rings is 2. The van der Waals surface area contributed by atoms with Gasteiger partial charge in [-0.15, -0.1) is 0 Å². The maximum atomic E-state index is 12.5. The topological polar surface area (TPSA) is 99.3 Å². The Morgan fingerprint density at radius 1 is 1.30 bits per heavy atom. The molecule has 0 aliphatic rings. The number of halogens is 1. The van der Waals surface area contributed by atoms with Crippen LogP contribution in [0.2, 0.25) is 5.02 Å². The minimum atomic E-state index is -0.479. The summed E-state index contributed by atoms with van der Waals surface area (Å²) in [6.07, 6.45) is 2.93. The molecule has 0 aliphatic heterocycles. The largest absolute Gasteiger partial charge is 0.492 e. The van der Waals surface area contributed by atoms with Gasteiger partial charge in [0.05, 0.1) is 34.7 Å². The maximum absolute atomic E-state index is 12.5. The second-order valence-corrected chi connectivity index (χ2v) is 5.91. The van der Waals surface area contributed by atoms with Crippen LogP contribution in [0.4, 0.5) is 11.4 Å². The van der Waals surface area contributed by atoms with Gasteiger partial charge in [-0.3, -0.25) is 14.9 Å². The molecule has 3 aromatic rings. The van der Waals surface area contributed by atoms with E-state index in [0.717, 1.165) is 0 Å². The summed E-state index contributed by atoms with van der Waals surface area (Å²) in [6.45, 7) is 2.29. The van der Waals surface area contributed by atoms with Crippen molar-refractivity contribution < 1.29 is 14.5 Å². The fourth-order valence-corrected chi connectivity index (χ4v) is 2.56. The molecule has 0 saturated heterocycles. The summed E-state index contributed by atoms with van der Waals surface area (Å²) < 4.78 is 6.94. The molecule has 9 heteroatoms. The van der Waals surface area contributed by atoms with Crippen LogP contribution < -0.4 is 10.1 Å². The van der Waals surface area contributed by atoms with E-state index < -0.39 is 4.92 Å². The normalized spacial score (nSPS) is 10.4. The number of hydrogen-bond donors (Lipinski definition) is 1. The zero-order valence-corrected chi connectivity index (χ0v) is 15.0. The lowest BCUT2D eigenvalue weighted by Gasteiger charge is -2.11. The van der Waals surface area contributed by atoms with Gasteiger partial charge in [-0.25, -0.2) is 4.68 Å². The first-order valence-corrected chi connectivity index (χ1v) is 8.39. The summed E-state index contributed by atoms with van der Waals surface area (Å²) in [6, 6.07) is 10.8. The van der Waals surface area contributed by atoms with E-state index in [9.17, 15) is 14.9 Å². The lowest BCUT2D eigenvalue weighted by Crippen LogP contribution is -2.12. The number of ether oxygens (including phenoxy) is 1. The van der Waals surface area contributed by atoms with Crippen molar-refractivity contribution >= 4 is 28.9 Å². The number of nitrogens with zero attached hydrogens (tertiary/aromatic N) is 3. The summed E-state index contributed by atoms with van der Waals surface area (Å²) in [5.41, 5.74) is 1.35. The van der Waals surface area contributed by atoms with Crippen molar-refractivity contribution in [2.24, 2.45) is 0 Å². The Morgan fingerprint density at radius 2 is 2.04 bits per heavy atom. The first-order chi connectivity index (χ1) is 13.0. The summed E-state index contributed by atoms with van der Waals surface area (Å²) in [4.78, 5) is 22.8. The monoisotopic (exact) mass is 386 g/mol. The van der Waals surface area contributed by atoms with Gasteiger partial charge in [0.2, 0.25) is 0 Å². The van der Waals surface area contributed by atoms with Gasteiger partial charge in [0.15, 0.2) is 0 Å². The molecule has 0 radical (unpaired) electrons. The smallest absolute Gasteiger partial charge is 0.269 e. The van der Waals surface area contributed by atoms with Gasteiger partial charge in [-0.2, -0.15) is 5.10 Å². The lowest BCUT2D eigenvalue weighted by molar-refractivity contribution is -0.384.